The van der Waals surface area contributed by atoms with E-state index < -0.39 is 6.04 Å². The molecule has 7 heteroatoms. The van der Waals surface area contributed by atoms with Crippen molar-refractivity contribution in [1.82, 2.24) is 4.90 Å². The van der Waals surface area contributed by atoms with Crippen molar-refractivity contribution >= 4 is 40.9 Å². The predicted octanol–water partition coefficient (Wildman–Crippen LogP) is 3.05. The fraction of sp³-hybridized carbons (Fsp3) is 0.500. The number of hydrogen-bond acceptors (Lipinski definition) is 4. The van der Waals surface area contributed by atoms with E-state index in [1.54, 1.807) is 28.8 Å². The van der Waals surface area contributed by atoms with Crippen molar-refractivity contribution in [2.45, 2.75) is 37.6 Å². The molecule has 0 radical (unpaired) electrons. The number of thioether (sulfide) groups is 1. The van der Waals surface area contributed by atoms with E-state index in [-0.39, 0.29) is 16.7 Å². The molecule has 0 aliphatic carbocycles. The summed E-state index contributed by atoms with van der Waals surface area (Å²) >= 11 is 7.76. The summed E-state index contributed by atoms with van der Waals surface area (Å²) in [6, 6.07) is 3.02. The Hall–Kier alpha value is -1.40. The van der Waals surface area contributed by atoms with Crippen molar-refractivity contribution in [3.8, 4) is 5.75 Å². The van der Waals surface area contributed by atoms with E-state index in [1.165, 1.54) is 7.11 Å². The number of anilines is 1. The quantitative estimate of drug-likeness (QED) is 0.906. The Morgan fingerprint density at radius 3 is 2.96 bits per heavy atom. The minimum absolute atomic E-state index is 0.0527. The second kappa shape index (κ2) is 5.91. The van der Waals surface area contributed by atoms with E-state index in [9.17, 15) is 9.59 Å². The molecule has 2 atom stereocenters. The number of hydrogen-bond donors (Lipinski definition) is 1. The smallest absolute Gasteiger partial charge is 0.248 e. The van der Waals surface area contributed by atoms with E-state index in [4.69, 9.17) is 16.3 Å². The van der Waals surface area contributed by atoms with Gasteiger partial charge in [0.05, 0.1) is 17.7 Å². The van der Waals surface area contributed by atoms with Gasteiger partial charge in [-0.05, 0) is 31.9 Å². The first-order valence-corrected chi connectivity index (χ1v) is 8.83. The van der Waals surface area contributed by atoms with Crippen LogP contribution in [0.25, 0.3) is 0 Å². The molecular weight excluding hydrogens is 336 g/mol. The van der Waals surface area contributed by atoms with Crippen LogP contribution in [0.1, 0.15) is 25.3 Å². The molecule has 1 aromatic carbocycles. The van der Waals surface area contributed by atoms with Gasteiger partial charge in [0.1, 0.15) is 11.8 Å². The number of nitrogens with one attached hydrogen (secondary N) is 1. The number of benzene rings is 1. The summed E-state index contributed by atoms with van der Waals surface area (Å²) in [6.45, 7) is 3.90. The highest BCUT2D eigenvalue weighted by molar-refractivity contribution is 8.01. The van der Waals surface area contributed by atoms with E-state index in [2.05, 4.69) is 5.32 Å². The lowest BCUT2D eigenvalue weighted by Crippen LogP contribution is -2.48. The van der Waals surface area contributed by atoms with E-state index in [0.29, 0.717) is 28.6 Å². The molecule has 23 heavy (non-hydrogen) atoms. The molecule has 1 N–H and O–H groups in total. The molecule has 2 fully saturated rings. The van der Waals surface area contributed by atoms with Crippen LogP contribution < -0.4 is 10.1 Å². The summed E-state index contributed by atoms with van der Waals surface area (Å²) in [5.41, 5.74) is 1.43. The molecule has 0 spiro atoms. The highest BCUT2D eigenvalue weighted by Gasteiger charge is 2.52. The standard InChI is InChI=1S/C16H19ClN2O3S/c1-9-6-11(13(22-3)7-10(9)17)18-15(21)12-8-23-16(2)5-4-14(20)19(12)16/h6-7,12H,4-5,8H2,1-3H3,(H,18,21)/t12-,16+/m0/s1. The molecule has 2 heterocycles. The Balaban J connectivity index is 1.83. The first-order valence-electron chi connectivity index (χ1n) is 7.47. The number of methoxy groups -OCH3 is 1. The van der Waals surface area contributed by atoms with E-state index >= 15 is 0 Å². The Kier molecular flexibility index (Phi) is 4.23. The molecule has 0 unspecified atom stereocenters. The van der Waals surface area contributed by atoms with E-state index in [0.717, 1.165) is 12.0 Å². The summed E-state index contributed by atoms with van der Waals surface area (Å²) in [6.07, 6.45) is 1.31. The Bertz CT molecular complexity index is 682. The number of amides is 2. The van der Waals surface area contributed by atoms with Gasteiger partial charge in [0.25, 0.3) is 0 Å². The molecule has 0 bridgehead atoms. The second-order valence-corrected chi connectivity index (χ2v) is 7.97. The van der Waals surface area contributed by atoms with Crippen LogP contribution in [0, 0.1) is 6.92 Å². The van der Waals surface area contributed by atoms with Crippen molar-refractivity contribution < 1.29 is 14.3 Å². The molecular formula is C16H19ClN2O3S. The molecule has 2 saturated heterocycles. The summed E-state index contributed by atoms with van der Waals surface area (Å²) in [4.78, 5) is 26.3. The van der Waals surface area contributed by atoms with Gasteiger partial charge < -0.3 is 15.0 Å². The van der Waals surface area contributed by atoms with Gasteiger partial charge in [0.15, 0.2) is 0 Å². The number of carbonyl (C=O) groups excluding carboxylic acids is 2. The lowest BCUT2D eigenvalue weighted by Gasteiger charge is -2.30. The van der Waals surface area contributed by atoms with Crippen LogP contribution in [0.4, 0.5) is 5.69 Å². The average Bonchev–Trinajstić information content (AvgIpc) is 2.99. The van der Waals surface area contributed by atoms with Crippen LogP contribution >= 0.6 is 23.4 Å². The van der Waals surface area contributed by atoms with Crippen LogP contribution in [0.5, 0.6) is 5.75 Å². The zero-order chi connectivity index (χ0) is 16.8. The van der Waals surface area contributed by atoms with Crippen molar-refractivity contribution in [3.05, 3.63) is 22.7 Å². The largest absolute Gasteiger partial charge is 0.495 e. The average molecular weight is 355 g/mol. The number of rotatable bonds is 3. The number of ether oxygens (including phenoxy) is 1. The summed E-state index contributed by atoms with van der Waals surface area (Å²) < 4.78 is 5.29. The molecule has 3 rings (SSSR count). The van der Waals surface area contributed by atoms with Crippen LogP contribution in [0.2, 0.25) is 5.02 Å². The monoisotopic (exact) mass is 354 g/mol. The summed E-state index contributed by atoms with van der Waals surface area (Å²) in [5, 5.41) is 3.47. The topological polar surface area (TPSA) is 58.6 Å². The maximum Gasteiger partial charge on any atom is 0.248 e. The predicted molar refractivity (Wildman–Crippen MR) is 92.1 cm³/mol. The molecule has 2 aliphatic heterocycles. The minimum atomic E-state index is -0.444. The SMILES string of the molecule is COc1cc(Cl)c(C)cc1NC(=O)[C@@H]1CS[C@]2(C)CCC(=O)N12. The van der Waals surface area contributed by atoms with Crippen molar-refractivity contribution in [1.29, 1.82) is 0 Å². The minimum Gasteiger partial charge on any atom is -0.495 e. The Morgan fingerprint density at radius 2 is 2.26 bits per heavy atom. The van der Waals surface area contributed by atoms with Gasteiger partial charge >= 0.3 is 0 Å². The third-order valence-electron chi connectivity index (χ3n) is 4.49. The van der Waals surface area contributed by atoms with Gasteiger partial charge in [-0.1, -0.05) is 11.6 Å². The normalized spacial score (nSPS) is 26.3. The Morgan fingerprint density at radius 1 is 1.52 bits per heavy atom. The number of fused-ring (bicyclic) bond motifs is 1. The van der Waals surface area contributed by atoms with Gasteiger partial charge in [-0.15, -0.1) is 11.8 Å². The molecule has 5 nitrogen and oxygen atoms in total. The molecule has 2 amide bonds. The molecule has 124 valence electrons. The van der Waals surface area contributed by atoms with Crippen LogP contribution in [0.15, 0.2) is 12.1 Å². The fourth-order valence-corrected chi connectivity index (χ4v) is 4.75. The maximum atomic E-state index is 12.7. The lowest BCUT2D eigenvalue weighted by molar-refractivity contribution is -0.135. The zero-order valence-electron chi connectivity index (χ0n) is 13.3. The first-order chi connectivity index (χ1) is 10.9. The van der Waals surface area contributed by atoms with Crippen LogP contribution in [-0.4, -0.2) is 40.5 Å². The second-order valence-electron chi connectivity index (χ2n) is 6.06. The number of halogens is 1. The third-order valence-corrected chi connectivity index (χ3v) is 6.40. The van der Waals surface area contributed by atoms with E-state index in [1.807, 2.05) is 13.8 Å². The van der Waals surface area contributed by atoms with Gasteiger partial charge in [-0.3, -0.25) is 9.59 Å². The van der Waals surface area contributed by atoms with Crippen LogP contribution in [-0.2, 0) is 9.59 Å². The van der Waals surface area contributed by atoms with Crippen molar-refractivity contribution in [2.75, 3.05) is 18.2 Å². The lowest BCUT2D eigenvalue weighted by atomic mass is 10.1. The molecule has 0 saturated carbocycles. The number of nitrogens with zero attached hydrogens (tertiary/aromatic N) is 1. The summed E-state index contributed by atoms with van der Waals surface area (Å²) in [5.74, 6) is 0.992. The molecule has 1 aromatic rings. The highest BCUT2D eigenvalue weighted by Crippen LogP contribution is 2.47. The van der Waals surface area contributed by atoms with Gasteiger partial charge in [-0.2, -0.15) is 0 Å². The highest BCUT2D eigenvalue weighted by atomic mass is 35.5. The Labute approximate surface area is 144 Å². The first kappa shape index (κ1) is 16.5. The third kappa shape index (κ3) is 2.78. The van der Waals surface area contributed by atoms with Crippen molar-refractivity contribution in [3.63, 3.8) is 0 Å². The van der Waals surface area contributed by atoms with Gasteiger partial charge in [0, 0.05) is 23.3 Å². The van der Waals surface area contributed by atoms with Crippen LogP contribution in [0.3, 0.4) is 0 Å². The fourth-order valence-electron chi connectivity index (χ4n) is 3.16. The van der Waals surface area contributed by atoms with Gasteiger partial charge in [0.2, 0.25) is 11.8 Å². The number of aryl methyl sites for hydroxylation is 1. The molecule has 0 aromatic heterocycles. The number of carbonyl (C=O) groups is 2. The maximum absolute atomic E-state index is 12.7. The summed E-state index contributed by atoms with van der Waals surface area (Å²) in [7, 11) is 1.53. The molecule has 2 aliphatic rings. The van der Waals surface area contributed by atoms with Crippen molar-refractivity contribution in [2.24, 2.45) is 0 Å². The zero-order valence-corrected chi connectivity index (χ0v) is 14.9. The van der Waals surface area contributed by atoms with Gasteiger partial charge in [-0.25, -0.2) is 0 Å².